The maximum absolute atomic E-state index is 13.4. The normalized spacial score (nSPS) is 18.2. The van der Waals surface area contributed by atoms with Gasteiger partial charge in [0.15, 0.2) is 11.5 Å². The summed E-state index contributed by atoms with van der Waals surface area (Å²) in [4.78, 5) is 0. The molecular weight excluding hydrogens is 253 g/mol. The summed E-state index contributed by atoms with van der Waals surface area (Å²) in [5, 5.41) is 18.5. The number of phenolic OH excluding ortho intramolecular Hbond substituents is 2. The van der Waals surface area contributed by atoms with Crippen molar-refractivity contribution in [2.24, 2.45) is 5.73 Å². The third-order valence-corrected chi connectivity index (χ3v) is 3.23. The van der Waals surface area contributed by atoms with Crippen LogP contribution in [0.5, 0.6) is 11.5 Å². The predicted molar refractivity (Wildman–Crippen MR) is 52.5 cm³/mol. The molecule has 0 bridgehead atoms. The van der Waals surface area contributed by atoms with Crippen molar-refractivity contribution < 1.29 is 14.6 Å². The Bertz CT molecular complexity index is 404. The summed E-state index contributed by atoms with van der Waals surface area (Å²) in [6.45, 7) is 0. The molecule has 5 heteroatoms. The van der Waals surface area contributed by atoms with Gasteiger partial charge in [0, 0.05) is 17.2 Å². The number of nitrogens with two attached hydrogens (primary N) is 1. The molecular formula is C9H9BrFNO2. The fraction of sp³-hybridized carbons (Fsp3) is 0.333. The summed E-state index contributed by atoms with van der Waals surface area (Å²) in [5.74, 6) is -1.44. The molecule has 1 aromatic rings. The van der Waals surface area contributed by atoms with Gasteiger partial charge in [0.2, 0.25) is 0 Å². The van der Waals surface area contributed by atoms with Crippen LogP contribution in [0.3, 0.4) is 0 Å². The summed E-state index contributed by atoms with van der Waals surface area (Å²) in [5.41, 5.74) is 5.38. The molecule has 0 aliphatic heterocycles. The Labute approximate surface area is 88.5 Å². The molecule has 3 nitrogen and oxygen atoms in total. The summed E-state index contributed by atoms with van der Waals surface area (Å²) in [7, 11) is 0. The lowest BCUT2D eigenvalue weighted by molar-refractivity contribution is 0.394. The van der Waals surface area contributed by atoms with Gasteiger partial charge in [0.1, 0.15) is 5.82 Å². The Morgan fingerprint density at radius 2 is 2.00 bits per heavy atom. The Morgan fingerprint density at radius 1 is 1.43 bits per heavy atom. The molecule has 0 atom stereocenters. The number of hydrogen-bond acceptors (Lipinski definition) is 3. The van der Waals surface area contributed by atoms with E-state index in [2.05, 4.69) is 15.9 Å². The van der Waals surface area contributed by atoms with E-state index in [1.54, 1.807) is 0 Å². The van der Waals surface area contributed by atoms with Crippen molar-refractivity contribution in [1.29, 1.82) is 0 Å². The van der Waals surface area contributed by atoms with Crippen molar-refractivity contribution >= 4 is 15.9 Å². The highest BCUT2D eigenvalue weighted by Gasteiger charge is 2.44. The van der Waals surface area contributed by atoms with E-state index >= 15 is 0 Å². The van der Waals surface area contributed by atoms with Crippen LogP contribution in [0, 0.1) is 5.82 Å². The largest absolute Gasteiger partial charge is 0.504 e. The van der Waals surface area contributed by atoms with Gasteiger partial charge in [-0.1, -0.05) is 0 Å². The van der Waals surface area contributed by atoms with E-state index in [0.29, 0.717) is 12.8 Å². The smallest absolute Gasteiger partial charge is 0.172 e. The van der Waals surface area contributed by atoms with Crippen LogP contribution in [0.1, 0.15) is 18.4 Å². The molecule has 1 saturated carbocycles. The van der Waals surface area contributed by atoms with Crippen LogP contribution in [0.2, 0.25) is 0 Å². The van der Waals surface area contributed by atoms with Crippen LogP contribution >= 0.6 is 15.9 Å². The molecule has 76 valence electrons. The number of rotatable bonds is 1. The minimum atomic E-state index is -0.686. The summed E-state index contributed by atoms with van der Waals surface area (Å²) >= 11 is 3.03. The zero-order valence-corrected chi connectivity index (χ0v) is 8.81. The van der Waals surface area contributed by atoms with Gasteiger partial charge >= 0.3 is 0 Å². The second-order valence-corrected chi connectivity index (χ2v) is 4.36. The molecule has 1 fully saturated rings. The highest BCUT2D eigenvalue weighted by atomic mass is 79.9. The standard InChI is InChI=1S/C9H9BrFNO2/c10-7-6(9(12)1-2-9)4(11)3-5(13)8(7)14/h3,13-14H,1-2,12H2. The second-order valence-electron chi connectivity index (χ2n) is 3.57. The molecule has 0 unspecified atom stereocenters. The van der Waals surface area contributed by atoms with Gasteiger partial charge in [0.25, 0.3) is 0 Å². The average Bonchev–Trinajstić information content (AvgIpc) is 2.80. The highest BCUT2D eigenvalue weighted by molar-refractivity contribution is 9.10. The molecule has 0 aromatic heterocycles. The van der Waals surface area contributed by atoms with Crippen molar-refractivity contribution in [2.75, 3.05) is 0 Å². The highest BCUT2D eigenvalue weighted by Crippen LogP contribution is 2.50. The van der Waals surface area contributed by atoms with Crippen molar-refractivity contribution in [1.82, 2.24) is 0 Å². The van der Waals surface area contributed by atoms with Crippen LogP contribution in [0.15, 0.2) is 10.5 Å². The number of benzene rings is 1. The third-order valence-electron chi connectivity index (χ3n) is 2.46. The van der Waals surface area contributed by atoms with Gasteiger partial charge < -0.3 is 15.9 Å². The average molecular weight is 262 g/mol. The van der Waals surface area contributed by atoms with Crippen LogP contribution in [-0.2, 0) is 5.54 Å². The lowest BCUT2D eigenvalue weighted by Gasteiger charge is -2.14. The van der Waals surface area contributed by atoms with E-state index in [-0.39, 0.29) is 15.8 Å². The number of aromatic hydroxyl groups is 2. The zero-order chi connectivity index (χ0) is 10.5. The number of hydrogen-bond donors (Lipinski definition) is 3. The molecule has 0 amide bonds. The number of phenols is 2. The first-order valence-corrected chi connectivity index (χ1v) is 4.94. The van der Waals surface area contributed by atoms with E-state index in [0.717, 1.165) is 6.07 Å². The van der Waals surface area contributed by atoms with E-state index in [1.807, 2.05) is 0 Å². The molecule has 0 radical (unpaired) electrons. The van der Waals surface area contributed by atoms with Crippen molar-refractivity contribution in [3.8, 4) is 11.5 Å². The molecule has 14 heavy (non-hydrogen) atoms. The van der Waals surface area contributed by atoms with Gasteiger partial charge in [-0.05, 0) is 28.8 Å². The molecule has 0 saturated heterocycles. The fourth-order valence-corrected chi connectivity index (χ4v) is 2.22. The quantitative estimate of drug-likeness (QED) is 0.677. The first-order valence-electron chi connectivity index (χ1n) is 4.15. The van der Waals surface area contributed by atoms with Crippen LogP contribution in [0.4, 0.5) is 4.39 Å². The van der Waals surface area contributed by atoms with Crippen LogP contribution in [0.25, 0.3) is 0 Å². The topological polar surface area (TPSA) is 66.5 Å². The van der Waals surface area contributed by atoms with Crippen molar-refractivity contribution in [3.05, 3.63) is 21.9 Å². The van der Waals surface area contributed by atoms with Gasteiger partial charge in [0.05, 0.1) is 4.47 Å². The fourth-order valence-electron chi connectivity index (χ4n) is 1.44. The lowest BCUT2D eigenvalue weighted by Crippen LogP contribution is -2.21. The predicted octanol–water partition coefficient (Wildman–Crippen LogP) is 1.95. The Balaban J connectivity index is 2.65. The molecule has 0 heterocycles. The Morgan fingerprint density at radius 3 is 2.50 bits per heavy atom. The SMILES string of the molecule is NC1(c2c(F)cc(O)c(O)c2Br)CC1. The maximum Gasteiger partial charge on any atom is 0.172 e. The first-order chi connectivity index (χ1) is 6.46. The summed E-state index contributed by atoms with van der Waals surface area (Å²) < 4.78 is 13.6. The van der Waals surface area contributed by atoms with Crippen molar-refractivity contribution in [3.63, 3.8) is 0 Å². The van der Waals surface area contributed by atoms with Crippen LogP contribution in [-0.4, -0.2) is 10.2 Å². The van der Waals surface area contributed by atoms with Gasteiger partial charge in [-0.2, -0.15) is 0 Å². The lowest BCUT2D eigenvalue weighted by atomic mass is 10.0. The van der Waals surface area contributed by atoms with Gasteiger partial charge in [-0.15, -0.1) is 0 Å². The second kappa shape index (κ2) is 2.84. The van der Waals surface area contributed by atoms with Crippen LogP contribution < -0.4 is 5.73 Å². The van der Waals surface area contributed by atoms with Crippen molar-refractivity contribution in [2.45, 2.75) is 18.4 Å². The molecule has 4 N–H and O–H groups in total. The van der Waals surface area contributed by atoms with Gasteiger partial charge in [-0.3, -0.25) is 0 Å². The maximum atomic E-state index is 13.4. The molecule has 2 rings (SSSR count). The minimum absolute atomic E-state index is 0.148. The molecule has 1 aliphatic rings. The molecule has 0 spiro atoms. The number of halogens is 2. The monoisotopic (exact) mass is 261 g/mol. The third kappa shape index (κ3) is 1.27. The molecule has 1 aromatic carbocycles. The zero-order valence-electron chi connectivity index (χ0n) is 7.22. The Kier molecular flexibility index (Phi) is 1.97. The molecule has 1 aliphatic carbocycles. The van der Waals surface area contributed by atoms with E-state index < -0.39 is 17.1 Å². The summed E-state index contributed by atoms with van der Waals surface area (Å²) in [6, 6.07) is 0.877. The summed E-state index contributed by atoms with van der Waals surface area (Å²) in [6.07, 6.45) is 1.37. The minimum Gasteiger partial charge on any atom is -0.504 e. The van der Waals surface area contributed by atoms with Gasteiger partial charge in [-0.25, -0.2) is 4.39 Å². The van der Waals surface area contributed by atoms with E-state index in [4.69, 9.17) is 10.8 Å². The van der Waals surface area contributed by atoms with E-state index in [9.17, 15) is 9.50 Å². The Hall–Kier alpha value is -0.810. The first kappa shape index (κ1) is 9.73. The van der Waals surface area contributed by atoms with E-state index in [1.165, 1.54) is 0 Å².